The average molecular weight is 417 g/mol. The summed E-state index contributed by atoms with van der Waals surface area (Å²) >= 11 is 1.47. The molecule has 2 aromatic rings. The Morgan fingerprint density at radius 3 is 2.41 bits per heavy atom. The van der Waals surface area contributed by atoms with Crippen LogP contribution in [0, 0.1) is 6.92 Å². The predicted octanol–water partition coefficient (Wildman–Crippen LogP) is 3.98. The fourth-order valence-electron chi connectivity index (χ4n) is 2.60. The van der Waals surface area contributed by atoms with Crippen molar-refractivity contribution in [3.05, 3.63) is 48.0 Å². The maximum Gasteiger partial charge on any atom is 0.243 e. The van der Waals surface area contributed by atoms with E-state index in [2.05, 4.69) is 5.32 Å². The Kier molecular flexibility index (Phi) is 8.86. The van der Waals surface area contributed by atoms with Crippen LogP contribution in [-0.2, 0) is 9.59 Å². The molecule has 0 radical (unpaired) electrons. The molecule has 0 aliphatic carbocycles. The fourth-order valence-corrected chi connectivity index (χ4v) is 3.57. The first-order valence-electron chi connectivity index (χ1n) is 9.56. The summed E-state index contributed by atoms with van der Waals surface area (Å²) in [5, 5.41) is 2.80. The molecule has 0 saturated carbocycles. The van der Waals surface area contributed by atoms with Gasteiger partial charge in [-0.25, -0.2) is 0 Å². The highest BCUT2D eigenvalue weighted by atomic mass is 32.2. The van der Waals surface area contributed by atoms with Gasteiger partial charge in [0.05, 0.1) is 25.5 Å². The minimum Gasteiger partial charge on any atom is -0.490 e. The number of thioether (sulfide) groups is 1. The number of hydrogen-bond acceptors (Lipinski definition) is 5. The molecule has 0 bridgehead atoms. The number of carbonyl (C=O) groups is 2. The molecule has 2 aromatic carbocycles. The van der Waals surface area contributed by atoms with Gasteiger partial charge in [-0.2, -0.15) is 0 Å². The van der Waals surface area contributed by atoms with E-state index in [1.807, 2.05) is 45.0 Å². The molecule has 0 aromatic heterocycles. The number of hydrogen-bond donors (Lipinski definition) is 1. The largest absolute Gasteiger partial charge is 0.490 e. The molecule has 2 amide bonds. The van der Waals surface area contributed by atoms with Crippen molar-refractivity contribution in [2.75, 3.05) is 37.9 Å². The van der Waals surface area contributed by atoms with Gasteiger partial charge in [0, 0.05) is 23.7 Å². The van der Waals surface area contributed by atoms with Gasteiger partial charge in [-0.1, -0.05) is 18.2 Å². The smallest absolute Gasteiger partial charge is 0.243 e. The van der Waals surface area contributed by atoms with E-state index >= 15 is 0 Å². The molecular weight excluding hydrogens is 388 g/mol. The third-order valence-corrected chi connectivity index (χ3v) is 5.24. The second-order valence-corrected chi connectivity index (χ2v) is 7.40. The molecule has 0 spiro atoms. The van der Waals surface area contributed by atoms with Crippen LogP contribution in [0.25, 0.3) is 0 Å². The minimum atomic E-state index is -0.270. The summed E-state index contributed by atoms with van der Waals surface area (Å²) < 4.78 is 11.1. The summed E-state index contributed by atoms with van der Waals surface area (Å²) in [6.45, 7) is 6.79. The summed E-state index contributed by atoms with van der Waals surface area (Å²) in [5.74, 6) is 1.12. The van der Waals surface area contributed by atoms with Crippen LogP contribution < -0.4 is 14.8 Å². The SMILES string of the molecule is CCOc1ccc(NC(=O)CN(C)C(=O)CSc2ccccc2C)cc1OCC. The monoisotopic (exact) mass is 416 g/mol. The predicted molar refractivity (Wildman–Crippen MR) is 117 cm³/mol. The molecule has 7 heteroatoms. The van der Waals surface area contributed by atoms with Crippen LogP contribution >= 0.6 is 11.8 Å². The molecule has 156 valence electrons. The van der Waals surface area contributed by atoms with Crippen LogP contribution in [0.15, 0.2) is 47.4 Å². The van der Waals surface area contributed by atoms with Gasteiger partial charge in [-0.15, -0.1) is 11.8 Å². The van der Waals surface area contributed by atoms with Crippen LogP contribution in [0.4, 0.5) is 5.69 Å². The van der Waals surface area contributed by atoms with Gasteiger partial charge in [0.25, 0.3) is 0 Å². The molecule has 29 heavy (non-hydrogen) atoms. The first kappa shape index (κ1) is 22.6. The fraction of sp³-hybridized carbons (Fsp3) is 0.364. The summed E-state index contributed by atoms with van der Waals surface area (Å²) in [6, 6.07) is 13.2. The maximum atomic E-state index is 12.4. The van der Waals surface area contributed by atoms with Gasteiger partial charge in [-0.05, 0) is 44.5 Å². The molecule has 2 rings (SSSR count). The zero-order valence-corrected chi connectivity index (χ0v) is 18.2. The molecule has 0 heterocycles. The average Bonchev–Trinajstić information content (AvgIpc) is 2.69. The van der Waals surface area contributed by atoms with E-state index in [0.29, 0.717) is 30.4 Å². The molecule has 0 atom stereocenters. The van der Waals surface area contributed by atoms with Crippen molar-refractivity contribution in [2.45, 2.75) is 25.7 Å². The van der Waals surface area contributed by atoms with Crippen molar-refractivity contribution in [3.8, 4) is 11.5 Å². The van der Waals surface area contributed by atoms with Gasteiger partial charge in [0.1, 0.15) is 0 Å². The van der Waals surface area contributed by atoms with Gasteiger partial charge in [0.2, 0.25) is 11.8 Å². The minimum absolute atomic E-state index is 0.0235. The number of amides is 2. The number of ether oxygens (including phenoxy) is 2. The Morgan fingerprint density at radius 1 is 1.03 bits per heavy atom. The van der Waals surface area contributed by atoms with E-state index in [4.69, 9.17) is 9.47 Å². The first-order chi connectivity index (χ1) is 13.9. The highest BCUT2D eigenvalue weighted by Gasteiger charge is 2.15. The van der Waals surface area contributed by atoms with Crippen LogP contribution in [0.3, 0.4) is 0 Å². The Balaban J connectivity index is 1.89. The lowest BCUT2D eigenvalue weighted by Gasteiger charge is -2.17. The van der Waals surface area contributed by atoms with Gasteiger partial charge >= 0.3 is 0 Å². The molecule has 1 N–H and O–H groups in total. The molecule has 0 aliphatic rings. The van der Waals surface area contributed by atoms with E-state index in [-0.39, 0.29) is 24.1 Å². The normalized spacial score (nSPS) is 10.3. The number of nitrogens with one attached hydrogen (secondary N) is 1. The number of benzene rings is 2. The number of rotatable bonds is 10. The van der Waals surface area contributed by atoms with Gasteiger partial charge in [0.15, 0.2) is 11.5 Å². The van der Waals surface area contributed by atoms with Gasteiger partial charge < -0.3 is 19.7 Å². The third kappa shape index (κ3) is 7.02. The summed E-state index contributed by atoms with van der Waals surface area (Å²) in [7, 11) is 1.63. The van der Waals surface area contributed by atoms with Crippen LogP contribution in [-0.4, -0.2) is 49.3 Å². The van der Waals surface area contributed by atoms with E-state index < -0.39 is 0 Å². The van der Waals surface area contributed by atoms with Crippen molar-refractivity contribution >= 4 is 29.3 Å². The van der Waals surface area contributed by atoms with Crippen molar-refractivity contribution in [1.29, 1.82) is 0 Å². The van der Waals surface area contributed by atoms with Crippen molar-refractivity contribution in [2.24, 2.45) is 0 Å². The molecule has 6 nitrogen and oxygen atoms in total. The molecule has 0 fully saturated rings. The zero-order chi connectivity index (χ0) is 21.2. The van der Waals surface area contributed by atoms with E-state index in [1.54, 1.807) is 25.2 Å². The van der Waals surface area contributed by atoms with E-state index in [9.17, 15) is 9.59 Å². The molecule has 0 saturated heterocycles. The van der Waals surface area contributed by atoms with Crippen LogP contribution in [0.1, 0.15) is 19.4 Å². The molecule has 0 unspecified atom stereocenters. The lowest BCUT2D eigenvalue weighted by atomic mass is 10.2. The Bertz CT molecular complexity index is 841. The topological polar surface area (TPSA) is 67.9 Å². The number of aryl methyl sites for hydroxylation is 1. The van der Waals surface area contributed by atoms with E-state index in [1.165, 1.54) is 16.7 Å². The van der Waals surface area contributed by atoms with Crippen molar-refractivity contribution in [3.63, 3.8) is 0 Å². The second kappa shape index (κ2) is 11.4. The van der Waals surface area contributed by atoms with Gasteiger partial charge in [-0.3, -0.25) is 9.59 Å². The number of nitrogens with zero attached hydrogens (tertiary/aromatic N) is 1. The van der Waals surface area contributed by atoms with Crippen LogP contribution in [0.5, 0.6) is 11.5 Å². The highest BCUT2D eigenvalue weighted by molar-refractivity contribution is 8.00. The zero-order valence-electron chi connectivity index (χ0n) is 17.4. The number of likely N-dealkylation sites (N-methyl/N-ethyl adjacent to an activating group) is 1. The first-order valence-corrected chi connectivity index (χ1v) is 10.5. The number of carbonyl (C=O) groups excluding carboxylic acids is 2. The number of anilines is 1. The lowest BCUT2D eigenvalue weighted by molar-refractivity contribution is -0.131. The molecule has 0 aliphatic heterocycles. The Hall–Kier alpha value is -2.67. The lowest BCUT2D eigenvalue weighted by Crippen LogP contribution is -2.35. The quantitative estimate of drug-likeness (QED) is 0.594. The maximum absolute atomic E-state index is 12.4. The summed E-state index contributed by atoms with van der Waals surface area (Å²) in [6.07, 6.45) is 0. The summed E-state index contributed by atoms with van der Waals surface area (Å²) in [5.41, 5.74) is 1.73. The Morgan fingerprint density at radius 2 is 1.72 bits per heavy atom. The van der Waals surface area contributed by atoms with Crippen molar-refractivity contribution in [1.82, 2.24) is 4.90 Å². The second-order valence-electron chi connectivity index (χ2n) is 6.38. The van der Waals surface area contributed by atoms with Crippen LogP contribution in [0.2, 0.25) is 0 Å². The standard InChI is InChI=1S/C22H28N2O4S/c1-5-27-18-12-11-17(13-19(18)28-6-2)23-21(25)14-24(4)22(26)15-29-20-10-8-7-9-16(20)3/h7-13H,5-6,14-15H2,1-4H3,(H,23,25). The molecular formula is C22H28N2O4S. The Labute approximate surface area is 176 Å². The third-order valence-electron chi connectivity index (χ3n) is 4.08. The van der Waals surface area contributed by atoms with E-state index in [0.717, 1.165) is 10.5 Å². The van der Waals surface area contributed by atoms with Crippen molar-refractivity contribution < 1.29 is 19.1 Å². The highest BCUT2D eigenvalue weighted by Crippen LogP contribution is 2.30. The summed E-state index contributed by atoms with van der Waals surface area (Å²) in [4.78, 5) is 27.2.